The van der Waals surface area contributed by atoms with Gasteiger partial charge in [0.1, 0.15) is 19.0 Å². The predicted octanol–water partition coefficient (Wildman–Crippen LogP) is 7.29. The van der Waals surface area contributed by atoms with Crippen LogP contribution in [0.2, 0.25) is 10.0 Å². The summed E-state index contributed by atoms with van der Waals surface area (Å²) in [5.41, 5.74) is 4.50. The van der Waals surface area contributed by atoms with E-state index in [9.17, 15) is 9.90 Å². The Kier molecular flexibility index (Phi) is 11.3. The van der Waals surface area contributed by atoms with E-state index in [4.69, 9.17) is 32.7 Å². The maximum atomic E-state index is 11.4. The monoisotopic (exact) mass is 646 g/mol. The Hall–Kier alpha value is -2.55. The molecule has 0 aromatic heterocycles. The van der Waals surface area contributed by atoms with Crippen molar-refractivity contribution in [2.24, 2.45) is 0 Å². The van der Waals surface area contributed by atoms with Crippen LogP contribution < -0.4 is 20.1 Å². The number of carboxylic acid groups (broad SMARTS) is 1. The van der Waals surface area contributed by atoms with Crippen LogP contribution in [0.1, 0.15) is 36.0 Å². The first-order valence-corrected chi connectivity index (χ1v) is 14.8. The molecule has 1 fully saturated rings. The molecule has 212 valence electrons. The molecule has 40 heavy (non-hydrogen) atoms. The molecule has 0 amide bonds. The number of hydrogen-bond donors (Lipinski definition) is 3. The van der Waals surface area contributed by atoms with Crippen molar-refractivity contribution in [3.8, 4) is 11.5 Å². The molecule has 6 nitrogen and oxygen atoms in total. The number of ether oxygens (including phenoxy) is 2. The van der Waals surface area contributed by atoms with Crippen LogP contribution in [-0.2, 0) is 11.3 Å². The molecule has 0 spiro atoms. The number of carbonyl (C=O) groups is 1. The lowest BCUT2D eigenvalue weighted by Gasteiger charge is -2.19. The third-order valence-corrected chi connectivity index (χ3v) is 7.87. The van der Waals surface area contributed by atoms with Crippen molar-refractivity contribution in [1.29, 1.82) is 0 Å². The average Bonchev–Trinajstić information content (AvgIpc) is 3.77. The van der Waals surface area contributed by atoms with Crippen LogP contribution in [0.15, 0.2) is 70.7 Å². The molecule has 0 radical (unpaired) electrons. The summed E-state index contributed by atoms with van der Waals surface area (Å²) in [7, 11) is 0. The Morgan fingerprint density at radius 3 is 2.38 bits per heavy atom. The molecule has 9 heteroatoms. The number of benzene rings is 3. The Morgan fingerprint density at radius 1 is 1.05 bits per heavy atom. The summed E-state index contributed by atoms with van der Waals surface area (Å²) in [5, 5.41) is 16.9. The van der Waals surface area contributed by atoms with Gasteiger partial charge < -0.3 is 25.2 Å². The predicted molar refractivity (Wildman–Crippen MR) is 165 cm³/mol. The molecular formula is C31H33BrCl2N2O4. The number of hydrogen-bond acceptors (Lipinski definition) is 5. The van der Waals surface area contributed by atoms with Crippen molar-refractivity contribution >= 4 is 50.7 Å². The maximum Gasteiger partial charge on any atom is 0.333 e. The van der Waals surface area contributed by atoms with Crippen LogP contribution >= 0.6 is 39.1 Å². The highest BCUT2D eigenvalue weighted by Gasteiger charge is 2.20. The van der Waals surface area contributed by atoms with Crippen molar-refractivity contribution in [3.63, 3.8) is 0 Å². The second kappa shape index (κ2) is 14.9. The van der Waals surface area contributed by atoms with Crippen LogP contribution in [0.25, 0.3) is 5.57 Å². The van der Waals surface area contributed by atoms with Gasteiger partial charge in [0.2, 0.25) is 0 Å². The van der Waals surface area contributed by atoms with Crippen LogP contribution in [0.5, 0.6) is 11.5 Å². The largest absolute Gasteiger partial charge is 0.490 e. The van der Waals surface area contributed by atoms with Crippen molar-refractivity contribution in [3.05, 3.63) is 97.4 Å². The maximum absolute atomic E-state index is 11.4. The first kappa shape index (κ1) is 30.4. The quantitative estimate of drug-likeness (QED) is 0.201. The summed E-state index contributed by atoms with van der Waals surface area (Å²) in [4.78, 5) is 11.4. The first-order chi connectivity index (χ1) is 19.3. The van der Waals surface area contributed by atoms with E-state index in [1.807, 2.05) is 37.3 Å². The van der Waals surface area contributed by atoms with Crippen LogP contribution in [0.4, 0.5) is 0 Å². The van der Waals surface area contributed by atoms with E-state index in [-0.39, 0.29) is 0 Å². The van der Waals surface area contributed by atoms with Gasteiger partial charge in [0.05, 0.1) is 15.6 Å². The van der Waals surface area contributed by atoms with Gasteiger partial charge in [-0.3, -0.25) is 0 Å². The fraction of sp³-hybridized carbons (Fsp3) is 0.323. The summed E-state index contributed by atoms with van der Waals surface area (Å²) in [5.74, 6) is 0.250. The lowest BCUT2D eigenvalue weighted by atomic mass is 9.94. The molecular weight excluding hydrogens is 615 g/mol. The number of aryl methyl sites for hydroxylation is 1. The second-order valence-corrected chi connectivity index (χ2v) is 11.4. The Labute approximate surface area is 253 Å². The van der Waals surface area contributed by atoms with E-state index >= 15 is 0 Å². The fourth-order valence-electron chi connectivity index (χ4n) is 4.27. The van der Waals surface area contributed by atoms with Gasteiger partial charge in [-0.2, -0.15) is 0 Å². The molecule has 5 rings (SSSR count). The Morgan fingerprint density at radius 2 is 1.73 bits per heavy atom. The standard InChI is InChI=1S/C21H21Cl2NO4.C10H12BrN/c1-13-10-18(22)20(19(23)11-13)28-9-8-27-15-4-2-14(3-5-15)16-6-7-24-12-17(16)21(25)26;11-10-4-2-1-3-8(10)7-12-9-5-6-9/h2-5,10-11,24H,6-9,12H2,1H3,(H,25,26);1-4,9,12H,5-7H2. The number of nitrogens with one attached hydrogen (secondary N) is 2. The van der Waals surface area contributed by atoms with E-state index in [1.54, 1.807) is 12.1 Å². The zero-order valence-corrected chi connectivity index (χ0v) is 25.4. The molecule has 1 saturated carbocycles. The van der Waals surface area contributed by atoms with E-state index in [2.05, 4.69) is 44.8 Å². The topological polar surface area (TPSA) is 79.8 Å². The van der Waals surface area contributed by atoms with Crippen LogP contribution in [0, 0.1) is 6.92 Å². The summed E-state index contributed by atoms with van der Waals surface area (Å²) >= 11 is 15.8. The molecule has 2 aliphatic rings. The third-order valence-electron chi connectivity index (χ3n) is 6.54. The fourth-order valence-corrected chi connectivity index (χ4v) is 5.40. The average molecular weight is 648 g/mol. The normalized spacial score (nSPS) is 14.8. The summed E-state index contributed by atoms with van der Waals surface area (Å²) in [6.07, 6.45) is 3.39. The highest BCUT2D eigenvalue weighted by molar-refractivity contribution is 9.10. The lowest BCUT2D eigenvalue weighted by Crippen LogP contribution is -2.28. The summed E-state index contributed by atoms with van der Waals surface area (Å²) in [6.45, 7) is 4.67. The number of carboxylic acids is 1. The lowest BCUT2D eigenvalue weighted by molar-refractivity contribution is -0.132. The van der Waals surface area contributed by atoms with Crippen LogP contribution in [0.3, 0.4) is 0 Å². The van der Waals surface area contributed by atoms with Crippen molar-refractivity contribution in [1.82, 2.24) is 10.6 Å². The van der Waals surface area contributed by atoms with Gasteiger partial charge >= 0.3 is 5.97 Å². The van der Waals surface area contributed by atoms with E-state index < -0.39 is 5.97 Å². The zero-order chi connectivity index (χ0) is 28.5. The summed E-state index contributed by atoms with van der Waals surface area (Å²) < 4.78 is 12.5. The third kappa shape index (κ3) is 8.98. The summed E-state index contributed by atoms with van der Waals surface area (Å²) in [6, 6.07) is 20.2. The molecule has 0 bridgehead atoms. The SMILES string of the molecule is Brc1ccccc1CNC1CC1.Cc1cc(Cl)c(OCCOc2ccc(C3=C(C(=O)O)CNCC3)cc2)c(Cl)c1. The van der Waals surface area contributed by atoms with Gasteiger partial charge in [-0.15, -0.1) is 0 Å². The number of halogens is 3. The van der Waals surface area contributed by atoms with Gasteiger partial charge in [0.15, 0.2) is 5.75 Å². The molecule has 1 aliphatic carbocycles. The van der Waals surface area contributed by atoms with Gasteiger partial charge in [-0.25, -0.2) is 4.79 Å². The number of rotatable bonds is 10. The molecule has 1 heterocycles. The van der Waals surface area contributed by atoms with Crippen LogP contribution in [-0.4, -0.2) is 43.4 Å². The van der Waals surface area contributed by atoms with Gasteiger partial charge in [0.25, 0.3) is 0 Å². The Balaban J connectivity index is 0.000000255. The van der Waals surface area contributed by atoms with Gasteiger partial charge in [-0.05, 0) is 85.3 Å². The molecule has 3 N–H and O–H groups in total. The minimum absolute atomic E-state index is 0.296. The molecule has 1 aliphatic heterocycles. The molecule has 3 aromatic carbocycles. The van der Waals surface area contributed by atoms with Gasteiger partial charge in [-0.1, -0.05) is 69.5 Å². The first-order valence-electron chi connectivity index (χ1n) is 13.3. The minimum atomic E-state index is -0.881. The molecule has 3 aromatic rings. The Bertz CT molecular complexity index is 1320. The van der Waals surface area contributed by atoms with Crippen molar-refractivity contribution < 1.29 is 19.4 Å². The molecule has 0 atom stereocenters. The molecule has 0 unspecified atom stereocenters. The van der Waals surface area contributed by atoms with Gasteiger partial charge in [0, 0.05) is 23.6 Å². The minimum Gasteiger partial charge on any atom is -0.490 e. The zero-order valence-electron chi connectivity index (χ0n) is 22.3. The molecule has 0 saturated heterocycles. The number of aliphatic carboxylic acids is 1. The van der Waals surface area contributed by atoms with E-state index in [0.29, 0.717) is 53.3 Å². The van der Waals surface area contributed by atoms with Crippen molar-refractivity contribution in [2.45, 2.75) is 38.8 Å². The van der Waals surface area contributed by atoms with E-state index in [0.717, 1.165) is 35.8 Å². The van der Waals surface area contributed by atoms with Crippen molar-refractivity contribution in [2.75, 3.05) is 26.3 Å². The highest BCUT2D eigenvalue weighted by Crippen LogP contribution is 2.34. The highest BCUT2D eigenvalue weighted by atomic mass is 79.9. The van der Waals surface area contributed by atoms with E-state index in [1.165, 1.54) is 22.9 Å². The second-order valence-electron chi connectivity index (χ2n) is 9.71. The smallest absolute Gasteiger partial charge is 0.333 e.